The Kier molecular flexibility index (Phi) is 8.54. The highest BCUT2D eigenvalue weighted by Gasteiger charge is 2.18. The molecule has 2 aliphatic heterocycles. The molecule has 2 amide bonds. The predicted molar refractivity (Wildman–Crippen MR) is 111 cm³/mol. The number of fused-ring (bicyclic) bond motifs is 2. The molecule has 2 aromatic rings. The largest absolute Gasteiger partial charge is 0.326 e. The third-order valence-corrected chi connectivity index (χ3v) is 3.78. The predicted octanol–water partition coefficient (Wildman–Crippen LogP) is 3.97. The topological polar surface area (TPSA) is 92.3 Å². The average Bonchev–Trinajstić information content (AvgIpc) is 3.14. The third-order valence-electron chi connectivity index (χ3n) is 3.78. The van der Waals surface area contributed by atoms with Crippen LogP contribution in [0.15, 0.2) is 42.5 Å². The number of nitrogens with one attached hydrogen (secondary N) is 2. The standard InChI is InChI=1S/C10H9NO2.C8H7NO.C2H3ClO.CH4/c1-6(12)7-2-3-9-8(4-7)5-10(13)11-9;10-8-5-6-3-1-2-4-7(6)9-8;1-2(3)4;/h2-4H,5H2,1H3,(H,11,13);1-4H,5H2,(H,9,10);1H3;1H4. The van der Waals surface area contributed by atoms with E-state index >= 15 is 0 Å². The van der Waals surface area contributed by atoms with E-state index in [2.05, 4.69) is 22.2 Å². The summed E-state index contributed by atoms with van der Waals surface area (Å²) in [7, 11) is 0. The molecular weight excluding hydrogens is 380 g/mol. The minimum atomic E-state index is -0.361. The van der Waals surface area contributed by atoms with E-state index in [1.165, 1.54) is 13.8 Å². The number of ketones is 1. The molecule has 2 N–H and O–H groups in total. The minimum absolute atomic E-state index is 0. The first-order valence-corrected chi connectivity index (χ1v) is 8.61. The van der Waals surface area contributed by atoms with Gasteiger partial charge >= 0.3 is 0 Å². The summed E-state index contributed by atoms with van der Waals surface area (Å²) in [5.74, 6) is 0.124. The molecule has 0 spiro atoms. The van der Waals surface area contributed by atoms with Crippen LogP contribution in [0.1, 0.15) is 42.8 Å². The van der Waals surface area contributed by atoms with Gasteiger partial charge in [-0.3, -0.25) is 19.2 Å². The first-order valence-electron chi connectivity index (χ1n) is 8.24. The monoisotopic (exact) mass is 402 g/mol. The first-order chi connectivity index (χ1) is 12.8. The maximum absolute atomic E-state index is 11.0. The van der Waals surface area contributed by atoms with Crippen molar-refractivity contribution in [1.29, 1.82) is 0 Å². The summed E-state index contributed by atoms with van der Waals surface area (Å²) in [5, 5.41) is 5.11. The molecule has 0 aromatic heterocycles. The number of anilines is 2. The number of amides is 2. The number of benzene rings is 2. The van der Waals surface area contributed by atoms with Gasteiger partial charge in [-0.05, 0) is 53.9 Å². The lowest BCUT2D eigenvalue weighted by atomic mass is 10.1. The van der Waals surface area contributed by atoms with E-state index in [1.54, 1.807) is 18.2 Å². The van der Waals surface area contributed by atoms with E-state index in [-0.39, 0.29) is 30.3 Å². The Labute approximate surface area is 169 Å². The lowest BCUT2D eigenvalue weighted by Crippen LogP contribution is -2.03. The third kappa shape index (κ3) is 6.63. The van der Waals surface area contributed by atoms with Crippen LogP contribution in [0.25, 0.3) is 0 Å². The Morgan fingerprint density at radius 3 is 1.89 bits per heavy atom. The maximum atomic E-state index is 11.0. The van der Waals surface area contributed by atoms with Crippen molar-refractivity contribution in [2.45, 2.75) is 34.1 Å². The number of hydrogen-bond donors (Lipinski definition) is 2. The molecule has 2 aromatic carbocycles. The van der Waals surface area contributed by atoms with Gasteiger partial charge in [0, 0.05) is 23.9 Å². The molecule has 2 heterocycles. The Hall–Kier alpha value is -2.99. The second-order valence-corrected chi connectivity index (χ2v) is 6.54. The average molecular weight is 403 g/mol. The Morgan fingerprint density at radius 1 is 0.857 bits per heavy atom. The lowest BCUT2D eigenvalue weighted by molar-refractivity contribution is -0.115. The summed E-state index contributed by atoms with van der Waals surface area (Å²) < 4.78 is 0. The van der Waals surface area contributed by atoms with Crippen LogP contribution in [0.4, 0.5) is 11.4 Å². The normalized spacial score (nSPS) is 12.5. The molecule has 0 saturated carbocycles. The van der Waals surface area contributed by atoms with Gasteiger partial charge in [0.1, 0.15) is 0 Å². The fourth-order valence-corrected chi connectivity index (χ4v) is 2.61. The van der Waals surface area contributed by atoms with Crippen molar-refractivity contribution < 1.29 is 19.2 Å². The highest BCUT2D eigenvalue weighted by atomic mass is 35.5. The van der Waals surface area contributed by atoms with Crippen molar-refractivity contribution in [3.63, 3.8) is 0 Å². The van der Waals surface area contributed by atoms with Crippen LogP contribution in [-0.2, 0) is 27.2 Å². The van der Waals surface area contributed by atoms with Gasteiger partial charge in [-0.2, -0.15) is 0 Å². The van der Waals surface area contributed by atoms with Gasteiger partial charge in [-0.15, -0.1) is 0 Å². The van der Waals surface area contributed by atoms with Gasteiger partial charge < -0.3 is 10.6 Å². The lowest BCUT2D eigenvalue weighted by Gasteiger charge is -1.99. The number of carbonyl (C=O) groups is 4. The molecule has 28 heavy (non-hydrogen) atoms. The number of para-hydroxylation sites is 1. The van der Waals surface area contributed by atoms with Crippen LogP contribution in [0.3, 0.4) is 0 Å². The zero-order valence-electron chi connectivity index (χ0n) is 15.0. The maximum Gasteiger partial charge on any atom is 0.228 e. The SMILES string of the molecule is C.CC(=O)Cl.CC(=O)c1ccc2c(c1)CC(=O)N2.O=C1Cc2ccccc2N1. The van der Waals surface area contributed by atoms with Crippen LogP contribution in [0.2, 0.25) is 0 Å². The number of halogens is 1. The summed E-state index contributed by atoms with van der Waals surface area (Å²) in [6.45, 7) is 2.81. The van der Waals surface area contributed by atoms with Crippen molar-refractivity contribution in [3.05, 3.63) is 59.2 Å². The van der Waals surface area contributed by atoms with Crippen LogP contribution in [0.5, 0.6) is 0 Å². The molecule has 4 rings (SSSR count). The van der Waals surface area contributed by atoms with Crippen LogP contribution < -0.4 is 10.6 Å². The molecule has 0 bridgehead atoms. The molecular formula is C21H23ClN2O4. The summed E-state index contributed by atoms with van der Waals surface area (Å²) in [5.41, 5.74) is 4.47. The zero-order chi connectivity index (χ0) is 20.0. The fraction of sp³-hybridized carbons (Fsp3) is 0.238. The molecule has 0 fully saturated rings. The van der Waals surface area contributed by atoms with Crippen LogP contribution in [0, 0.1) is 0 Å². The smallest absolute Gasteiger partial charge is 0.228 e. The molecule has 7 heteroatoms. The zero-order valence-corrected chi connectivity index (χ0v) is 15.7. The van der Waals surface area contributed by atoms with Crippen molar-refractivity contribution in [3.8, 4) is 0 Å². The van der Waals surface area contributed by atoms with Crippen LogP contribution in [-0.4, -0.2) is 22.8 Å². The summed E-state index contributed by atoms with van der Waals surface area (Å²) in [6, 6.07) is 13.0. The van der Waals surface area contributed by atoms with E-state index in [9.17, 15) is 19.2 Å². The molecule has 0 saturated heterocycles. The Bertz CT molecular complexity index is 878. The van der Waals surface area contributed by atoms with E-state index in [0.717, 1.165) is 22.5 Å². The van der Waals surface area contributed by atoms with Crippen LogP contribution >= 0.6 is 11.6 Å². The fourth-order valence-electron chi connectivity index (χ4n) is 2.61. The second-order valence-electron chi connectivity index (χ2n) is 6.01. The number of rotatable bonds is 1. The molecule has 0 radical (unpaired) electrons. The summed E-state index contributed by atoms with van der Waals surface area (Å²) in [4.78, 5) is 42.0. The van der Waals surface area contributed by atoms with Gasteiger partial charge in [0.2, 0.25) is 17.1 Å². The molecule has 0 aliphatic carbocycles. The van der Waals surface area contributed by atoms with E-state index in [4.69, 9.17) is 0 Å². The highest BCUT2D eigenvalue weighted by molar-refractivity contribution is 6.62. The van der Waals surface area contributed by atoms with Crippen molar-refractivity contribution in [2.75, 3.05) is 10.6 Å². The van der Waals surface area contributed by atoms with Gasteiger partial charge in [0.25, 0.3) is 0 Å². The van der Waals surface area contributed by atoms with Gasteiger partial charge in [0.15, 0.2) is 5.78 Å². The quantitative estimate of drug-likeness (QED) is 0.557. The summed E-state index contributed by atoms with van der Waals surface area (Å²) >= 11 is 4.64. The molecule has 148 valence electrons. The van der Waals surface area contributed by atoms with Crippen molar-refractivity contribution in [2.24, 2.45) is 0 Å². The number of carbonyl (C=O) groups excluding carboxylic acids is 4. The van der Waals surface area contributed by atoms with Gasteiger partial charge in [-0.25, -0.2) is 0 Å². The second kappa shape index (κ2) is 10.4. The van der Waals surface area contributed by atoms with Gasteiger partial charge in [-0.1, -0.05) is 25.6 Å². The molecule has 0 atom stereocenters. The highest BCUT2D eigenvalue weighted by Crippen LogP contribution is 2.24. The number of Topliss-reactive ketones (excluding diaryl/α,β-unsaturated/α-hetero) is 1. The minimum Gasteiger partial charge on any atom is -0.326 e. The first kappa shape index (κ1) is 23.0. The Morgan fingerprint density at radius 2 is 1.36 bits per heavy atom. The van der Waals surface area contributed by atoms with E-state index in [0.29, 0.717) is 18.4 Å². The van der Waals surface area contributed by atoms with E-state index < -0.39 is 0 Å². The molecule has 6 nitrogen and oxygen atoms in total. The van der Waals surface area contributed by atoms with Gasteiger partial charge in [0.05, 0.1) is 12.8 Å². The summed E-state index contributed by atoms with van der Waals surface area (Å²) in [6.07, 6.45) is 0.923. The molecule has 0 unspecified atom stereocenters. The number of hydrogen-bond acceptors (Lipinski definition) is 4. The Balaban J connectivity index is 0.000000234. The van der Waals surface area contributed by atoms with Crippen molar-refractivity contribution in [1.82, 2.24) is 0 Å². The van der Waals surface area contributed by atoms with Crippen molar-refractivity contribution >= 4 is 45.8 Å². The molecule has 2 aliphatic rings. The van der Waals surface area contributed by atoms with E-state index in [1.807, 2.05) is 24.3 Å².